The first-order valence-corrected chi connectivity index (χ1v) is 17.4. The largest absolute Gasteiger partial charge is 0.426 e. The summed E-state index contributed by atoms with van der Waals surface area (Å²) in [5.74, 6) is -6.30. The van der Waals surface area contributed by atoms with E-state index >= 15 is 0 Å². The molecule has 21 heteroatoms. The fraction of sp³-hybridized carbons (Fsp3) is 1.00. The van der Waals surface area contributed by atoms with Crippen molar-refractivity contribution < 1.29 is 68.0 Å². The lowest BCUT2D eigenvalue weighted by Gasteiger charge is -2.49. The maximum atomic E-state index is 13.7. The second kappa shape index (κ2) is 15.1. The highest BCUT2D eigenvalue weighted by Crippen LogP contribution is 2.57. The zero-order chi connectivity index (χ0) is 39.1. The topological polar surface area (TPSA) is 158 Å². The number of hydrogen-bond donors (Lipinski definition) is 3. The SMILES string of the molecule is [N-]=[N+]=NC(O)(C1CCC(C2CC(C3CCC(C(O)(N=[N+]=[N-])C(F)(F)F)CC3)CC(C3CCC(C(O)(C(F)(F)F)C(F)(F)F)CC3)C2)CC1)C(F)(F)F. The second-order valence-electron chi connectivity index (χ2n) is 15.4. The molecule has 3 N–H and O–H groups in total. The van der Waals surface area contributed by atoms with Gasteiger partial charge in [-0.15, -0.1) is 0 Å². The van der Waals surface area contributed by atoms with E-state index in [2.05, 4.69) is 20.1 Å². The van der Waals surface area contributed by atoms with Crippen LogP contribution in [0.1, 0.15) is 96.3 Å². The minimum Gasteiger partial charge on any atom is -0.376 e. The molecule has 0 amide bonds. The van der Waals surface area contributed by atoms with Gasteiger partial charge in [0.15, 0.2) is 0 Å². The number of nitrogens with zero attached hydrogens (tertiary/aromatic N) is 6. The summed E-state index contributed by atoms with van der Waals surface area (Å²) >= 11 is 0. The van der Waals surface area contributed by atoms with Gasteiger partial charge in [-0.1, -0.05) is 0 Å². The standard InChI is InChI=1S/C31H42F12N6O3/c32-28(33,34)25(50,29(35,36)37)22-7-1-16(2-8-22)19-13-20(17-3-9-23(10-4-17)26(51,46-48-44)30(38,39)40)15-21(14-19)18-5-11-24(12-6-18)27(52,47-49-45)31(41,42)43/h16-24,50-52H,1-15H2. The fourth-order valence-electron chi connectivity index (χ4n) is 10.1. The summed E-state index contributed by atoms with van der Waals surface area (Å²) in [6.07, 6.45) is -22.0. The number of alkyl halides is 12. The molecule has 4 aliphatic carbocycles. The van der Waals surface area contributed by atoms with Crippen molar-refractivity contribution in [1.29, 1.82) is 0 Å². The predicted molar refractivity (Wildman–Crippen MR) is 158 cm³/mol. The van der Waals surface area contributed by atoms with E-state index in [1.165, 1.54) is 0 Å². The minimum atomic E-state index is -5.96. The molecule has 298 valence electrons. The zero-order valence-corrected chi connectivity index (χ0v) is 27.9. The Labute approximate surface area is 290 Å². The van der Waals surface area contributed by atoms with Crippen molar-refractivity contribution in [2.45, 2.75) is 138 Å². The molecule has 4 fully saturated rings. The third-order valence-corrected chi connectivity index (χ3v) is 13.0. The van der Waals surface area contributed by atoms with Crippen LogP contribution in [-0.2, 0) is 0 Å². The van der Waals surface area contributed by atoms with Gasteiger partial charge < -0.3 is 15.3 Å². The molecule has 4 saturated carbocycles. The third kappa shape index (κ3) is 8.03. The normalized spacial score (nSPS) is 35.3. The zero-order valence-electron chi connectivity index (χ0n) is 27.9. The van der Waals surface area contributed by atoms with Gasteiger partial charge in [-0.3, -0.25) is 0 Å². The van der Waals surface area contributed by atoms with Crippen LogP contribution in [0.5, 0.6) is 0 Å². The molecule has 0 saturated heterocycles. The summed E-state index contributed by atoms with van der Waals surface area (Å²) in [6.45, 7) is 0. The molecule has 0 bridgehead atoms. The lowest BCUT2D eigenvalue weighted by Crippen LogP contribution is -2.62. The van der Waals surface area contributed by atoms with E-state index in [0.29, 0.717) is 19.3 Å². The Morgan fingerprint density at radius 1 is 0.385 bits per heavy atom. The fourth-order valence-corrected chi connectivity index (χ4v) is 10.1. The van der Waals surface area contributed by atoms with Crippen molar-refractivity contribution in [1.82, 2.24) is 0 Å². The average molecular weight is 775 g/mol. The monoisotopic (exact) mass is 774 g/mol. The van der Waals surface area contributed by atoms with E-state index < -0.39 is 72.4 Å². The van der Waals surface area contributed by atoms with Gasteiger partial charge in [-0.25, -0.2) is 0 Å². The lowest BCUT2D eigenvalue weighted by atomic mass is 9.57. The molecule has 52 heavy (non-hydrogen) atoms. The lowest BCUT2D eigenvalue weighted by molar-refractivity contribution is -0.387. The first-order chi connectivity index (χ1) is 23.8. The molecule has 4 atom stereocenters. The average Bonchev–Trinajstić information content (AvgIpc) is 3.06. The molecule has 0 spiro atoms. The molecular formula is C31H42F12N6O3. The quantitative estimate of drug-likeness (QED) is 0.0971. The van der Waals surface area contributed by atoms with Gasteiger partial charge in [-0.2, -0.15) is 52.7 Å². The van der Waals surface area contributed by atoms with Crippen molar-refractivity contribution in [2.24, 2.45) is 63.5 Å². The third-order valence-electron chi connectivity index (χ3n) is 13.0. The second-order valence-corrected chi connectivity index (χ2v) is 15.4. The molecule has 0 radical (unpaired) electrons. The van der Waals surface area contributed by atoms with Crippen LogP contribution in [0.25, 0.3) is 20.9 Å². The highest BCUT2D eigenvalue weighted by molar-refractivity contribution is 5.03. The van der Waals surface area contributed by atoms with Crippen LogP contribution in [-0.4, -0.2) is 57.1 Å². The summed E-state index contributed by atoms with van der Waals surface area (Å²) in [5.41, 5.74) is 5.29. The number of azide groups is 2. The van der Waals surface area contributed by atoms with Gasteiger partial charge in [0.05, 0.1) is 0 Å². The van der Waals surface area contributed by atoms with Crippen LogP contribution in [0.4, 0.5) is 52.7 Å². The maximum Gasteiger partial charge on any atom is 0.426 e. The Bertz CT molecular complexity index is 1240. The van der Waals surface area contributed by atoms with Crippen molar-refractivity contribution in [3.05, 3.63) is 20.9 Å². The van der Waals surface area contributed by atoms with Crippen LogP contribution < -0.4 is 0 Å². The van der Waals surface area contributed by atoms with Gasteiger partial charge >= 0.3 is 24.7 Å². The number of aliphatic hydroxyl groups is 3. The van der Waals surface area contributed by atoms with Crippen LogP contribution in [0.2, 0.25) is 0 Å². The highest BCUT2D eigenvalue weighted by Gasteiger charge is 2.73. The van der Waals surface area contributed by atoms with Crippen molar-refractivity contribution in [3.63, 3.8) is 0 Å². The summed E-state index contributed by atoms with van der Waals surface area (Å²) in [4.78, 5) is 4.37. The Balaban J connectivity index is 1.53. The van der Waals surface area contributed by atoms with E-state index in [4.69, 9.17) is 11.1 Å². The summed E-state index contributed by atoms with van der Waals surface area (Å²) < 4.78 is 164. The Morgan fingerprint density at radius 3 is 0.846 bits per heavy atom. The molecule has 0 aromatic rings. The predicted octanol–water partition coefficient (Wildman–Crippen LogP) is 10.4. The minimum absolute atomic E-state index is 0.0573. The van der Waals surface area contributed by atoms with Crippen molar-refractivity contribution in [2.75, 3.05) is 0 Å². The van der Waals surface area contributed by atoms with E-state index in [1.54, 1.807) is 0 Å². The summed E-state index contributed by atoms with van der Waals surface area (Å²) in [5, 5.41) is 36.0. The number of hydrogen-bond acceptors (Lipinski definition) is 5. The molecule has 4 aliphatic rings. The van der Waals surface area contributed by atoms with Gasteiger partial charge in [0.2, 0.25) is 11.4 Å². The Morgan fingerprint density at radius 2 is 0.635 bits per heavy atom. The molecule has 0 aliphatic heterocycles. The summed E-state index contributed by atoms with van der Waals surface area (Å²) in [7, 11) is 0. The van der Waals surface area contributed by atoms with E-state index in [9.17, 15) is 68.0 Å². The maximum absolute atomic E-state index is 13.7. The molecule has 4 unspecified atom stereocenters. The van der Waals surface area contributed by atoms with Gasteiger partial charge in [-0.05, 0) is 153 Å². The van der Waals surface area contributed by atoms with E-state index in [-0.39, 0.29) is 99.7 Å². The van der Waals surface area contributed by atoms with Crippen LogP contribution in [0.3, 0.4) is 0 Å². The molecular weight excluding hydrogens is 732 g/mol. The van der Waals surface area contributed by atoms with Gasteiger partial charge in [0.25, 0.3) is 5.60 Å². The van der Waals surface area contributed by atoms with Gasteiger partial charge in [0.1, 0.15) is 0 Å². The Kier molecular flexibility index (Phi) is 12.3. The van der Waals surface area contributed by atoms with Crippen LogP contribution >= 0.6 is 0 Å². The smallest absolute Gasteiger partial charge is 0.376 e. The van der Waals surface area contributed by atoms with Crippen LogP contribution in [0, 0.1) is 53.3 Å². The van der Waals surface area contributed by atoms with Crippen LogP contribution in [0.15, 0.2) is 10.2 Å². The van der Waals surface area contributed by atoms with Gasteiger partial charge in [0, 0.05) is 27.6 Å². The van der Waals surface area contributed by atoms with E-state index in [1.807, 2.05) is 0 Å². The Hall–Kier alpha value is -2.34. The van der Waals surface area contributed by atoms with Crippen molar-refractivity contribution in [3.8, 4) is 0 Å². The number of rotatable bonds is 8. The first-order valence-electron chi connectivity index (χ1n) is 17.4. The molecule has 0 aromatic carbocycles. The molecule has 0 heterocycles. The summed E-state index contributed by atoms with van der Waals surface area (Å²) in [6, 6.07) is 0. The first kappa shape index (κ1) is 42.4. The number of halogens is 12. The van der Waals surface area contributed by atoms with E-state index in [0.717, 1.165) is 0 Å². The van der Waals surface area contributed by atoms with Crippen molar-refractivity contribution >= 4 is 0 Å². The molecule has 0 aromatic heterocycles. The molecule has 9 nitrogen and oxygen atoms in total. The highest BCUT2D eigenvalue weighted by atomic mass is 19.4. The molecule has 4 rings (SSSR count).